The third-order valence-corrected chi connectivity index (χ3v) is 5.54. The molecule has 2 amide bonds. The first-order chi connectivity index (χ1) is 18.0. The molecular formula is C27H29FN6O4. The molecule has 0 radical (unpaired) electrons. The second kappa shape index (κ2) is 10.8. The van der Waals surface area contributed by atoms with Crippen LogP contribution in [0.15, 0.2) is 65.1 Å². The molecule has 0 saturated heterocycles. The maximum atomic E-state index is 13.8. The van der Waals surface area contributed by atoms with Crippen molar-refractivity contribution in [2.45, 2.75) is 52.4 Å². The number of amides is 2. The molecule has 2 heterocycles. The number of aromatic hydroxyl groups is 1. The molecule has 0 aliphatic heterocycles. The Morgan fingerprint density at radius 3 is 2.37 bits per heavy atom. The van der Waals surface area contributed by atoms with Gasteiger partial charge in [0, 0.05) is 12.1 Å². The number of benzene rings is 2. The molecule has 0 spiro atoms. The number of rotatable bonds is 8. The van der Waals surface area contributed by atoms with Gasteiger partial charge in [-0.05, 0) is 80.4 Å². The molecule has 0 fully saturated rings. The van der Waals surface area contributed by atoms with E-state index in [-0.39, 0.29) is 24.7 Å². The molecule has 0 aliphatic rings. The minimum absolute atomic E-state index is 0.00114. The lowest BCUT2D eigenvalue weighted by Gasteiger charge is -2.33. The molecule has 2 aromatic carbocycles. The van der Waals surface area contributed by atoms with Crippen LogP contribution in [0.25, 0.3) is 11.6 Å². The Morgan fingerprint density at radius 1 is 1.08 bits per heavy atom. The molecule has 0 unspecified atom stereocenters. The number of aryl methyl sites for hydroxylation is 1. The van der Waals surface area contributed by atoms with E-state index in [0.29, 0.717) is 22.6 Å². The first-order valence-corrected chi connectivity index (χ1v) is 12.0. The lowest BCUT2D eigenvalue weighted by molar-refractivity contribution is -0.143. The average Bonchev–Trinajstić information content (AvgIpc) is 3.49. The quantitative estimate of drug-likeness (QED) is 0.362. The maximum absolute atomic E-state index is 13.8. The number of halogens is 1. The van der Waals surface area contributed by atoms with Crippen molar-refractivity contribution in [1.82, 2.24) is 30.4 Å². The van der Waals surface area contributed by atoms with Crippen molar-refractivity contribution in [3.63, 3.8) is 0 Å². The fourth-order valence-corrected chi connectivity index (χ4v) is 3.85. The van der Waals surface area contributed by atoms with Crippen LogP contribution in [0.1, 0.15) is 43.7 Å². The van der Waals surface area contributed by atoms with Crippen LogP contribution in [-0.4, -0.2) is 47.6 Å². The molecule has 2 N–H and O–H groups in total. The summed E-state index contributed by atoms with van der Waals surface area (Å²) in [6, 6.07) is 14.1. The third kappa shape index (κ3) is 6.61. The van der Waals surface area contributed by atoms with E-state index < -0.39 is 29.2 Å². The first-order valence-electron chi connectivity index (χ1n) is 12.0. The van der Waals surface area contributed by atoms with Crippen molar-refractivity contribution >= 4 is 11.8 Å². The predicted molar refractivity (Wildman–Crippen MR) is 136 cm³/mol. The Balaban J connectivity index is 1.70. The smallest absolute Gasteiger partial charge is 0.247 e. The summed E-state index contributed by atoms with van der Waals surface area (Å²) in [6.07, 6.45) is 0. The van der Waals surface area contributed by atoms with Crippen LogP contribution in [0.4, 0.5) is 4.39 Å². The van der Waals surface area contributed by atoms with Gasteiger partial charge >= 0.3 is 0 Å². The van der Waals surface area contributed by atoms with E-state index in [0.717, 1.165) is 4.80 Å². The van der Waals surface area contributed by atoms with Crippen molar-refractivity contribution in [2.75, 3.05) is 0 Å². The van der Waals surface area contributed by atoms with E-state index >= 15 is 0 Å². The number of hydrogen-bond acceptors (Lipinski definition) is 7. The van der Waals surface area contributed by atoms with Gasteiger partial charge in [0.1, 0.15) is 29.9 Å². The van der Waals surface area contributed by atoms with E-state index in [2.05, 4.69) is 20.7 Å². The number of phenolic OH excluding ortho intramolecular Hbond substituents is 1. The SMILES string of the molecule is Cc1ccc(-c2nnn(CC(=O)N(Cc3ccc(F)cc3)[C@H](C(=O)NC(C)(C)C)c3ccc(O)cc3)n2)o1. The second-order valence-electron chi connectivity index (χ2n) is 9.94. The van der Waals surface area contributed by atoms with E-state index in [1.165, 1.54) is 29.2 Å². The minimum atomic E-state index is -1.07. The van der Waals surface area contributed by atoms with Crippen LogP contribution in [-0.2, 0) is 22.7 Å². The number of tetrazole rings is 1. The number of hydrogen-bond donors (Lipinski definition) is 2. The zero-order valence-corrected chi connectivity index (χ0v) is 21.6. The lowest BCUT2D eigenvalue weighted by Crippen LogP contribution is -2.49. The van der Waals surface area contributed by atoms with Crippen molar-refractivity contribution in [2.24, 2.45) is 0 Å². The highest BCUT2D eigenvalue weighted by molar-refractivity contribution is 5.89. The van der Waals surface area contributed by atoms with Gasteiger partial charge in [0.2, 0.25) is 17.6 Å². The summed E-state index contributed by atoms with van der Waals surface area (Å²) < 4.78 is 19.1. The zero-order chi connectivity index (χ0) is 27.4. The van der Waals surface area contributed by atoms with Gasteiger partial charge in [0.15, 0.2) is 5.76 Å². The largest absolute Gasteiger partial charge is 0.508 e. The summed E-state index contributed by atoms with van der Waals surface area (Å²) in [5, 5.41) is 24.9. The molecule has 4 rings (SSSR count). The highest BCUT2D eigenvalue weighted by Gasteiger charge is 2.34. The fourth-order valence-electron chi connectivity index (χ4n) is 3.85. The van der Waals surface area contributed by atoms with E-state index in [9.17, 15) is 19.1 Å². The molecule has 198 valence electrons. The monoisotopic (exact) mass is 520 g/mol. The van der Waals surface area contributed by atoms with Gasteiger partial charge < -0.3 is 19.7 Å². The van der Waals surface area contributed by atoms with Gasteiger partial charge in [-0.25, -0.2) is 4.39 Å². The van der Waals surface area contributed by atoms with Gasteiger partial charge in [0.05, 0.1) is 0 Å². The van der Waals surface area contributed by atoms with Crippen LogP contribution < -0.4 is 5.32 Å². The first kappa shape index (κ1) is 26.5. The third-order valence-electron chi connectivity index (χ3n) is 5.54. The Labute approximate surface area is 219 Å². The molecule has 0 bridgehead atoms. The molecule has 1 atom stereocenters. The highest BCUT2D eigenvalue weighted by Crippen LogP contribution is 2.27. The van der Waals surface area contributed by atoms with Crippen molar-refractivity contribution in [3.8, 4) is 17.3 Å². The number of furan rings is 1. The standard InChI is InChI=1S/C27H29FN6O4/c1-17-5-14-22(38-17)25-30-32-34(31-25)16-23(36)33(15-18-6-10-20(28)11-7-18)24(26(37)29-27(2,3)4)19-8-12-21(35)13-9-19/h5-14,24,35H,15-16H2,1-4H3,(H,29,37)/t24-/m0/s1. The summed E-state index contributed by atoms with van der Waals surface area (Å²) in [5.41, 5.74) is 0.518. The highest BCUT2D eigenvalue weighted by atomic mass is 19.1. The van der Waals surface area contributed by atoms with E-state index in [1.54, 1.807) is 43.3 Å². The summed E-state index contributed by atoms with van der Waals surface area (Å²) >= 11 is 0. The summed E-state index contributed by atoms with van der Waals surface area (Å²) in [6.45, 7) is 6.98. The molecule has 2 aromatic heterocycles. The van der Waals surface area contributed by atoms with Crippen LogP contribution >= 0.6 is 0 Å². The summed E-state index contributed by atoms with van der Waals surface area (Å²) in [5.74, 6) is 0.0206. The average molecular weight is 521 g/mol. The number of nitrogens with one attached hydrogen (secondary N) is 1. The second-order valence-corrected chi connectivity index (χ2v) is 9.94. The van der Waals surface area contributed by atoms with Crippen LogP contribution in [0.5, 0.6) is 5.75 Å². The molecule has 0 aliphatic carbocycles. The Morgan fingerprint density at radius 2 is 1.76 bits per heavy atom. The molecule has 38 heavy (non-hydrogen) atoms. The van der Waals surface area contributed by atoms with Crippen molar-refractivity contribution < 1.29 is 23.5 Å². The number of phenols is 1. The Bertz CT molecular complexity index is 1410. The van der Waals surface area contributed by atoms with Gasteiger partial charge in [-0.2, -0.15) is 4.80 Å². The predicted octanol–water partition coefficient (Wildman–Crippen LogP) is 3.77. The summed E-state index contributed by atoms with van der Waals surface area (Å²) in [7, 11) is 0. The maximum Gasteiger partial charge on any atom is 0.247 e. The molecule has 10 nitrogen and oxygen atoms in total. The molecule has 0 saturated carbocycles. The number of carbonyl (C=O) groups is 2. The fraction of sp³-hybridized carbons (Fsp3) is 0.296. The lowest BCUT2D eigenvalue weighted by atomic mass is 10.0. The zero-order valence-electron chi connectivity index (χ0n) is 21.6. The summed E-state index contributed by atoms with van der Waals surface area (Å²) in [4.78, 5) is 29.8. The van der Waals surface area contributed by atoms with Crippen molar-refractivity contribution in [1.29, 1.82) is 0 Å². The Hall–Kier alpha value is -4.54. The minimum Gasteiger partial charge on any atom is -0.508 e. The number of nitrogens with zero attached hydrogens (tertiary/aromatic N) is 5. The van der Waals surface area contributed by atoms with E-state index in [1.807, 2.05) is 20.8 Å². The van der Waals surface area contributed by atoms with Crippen LogP contribution in [0.2, 0.25) is 0 Å². The number of carbonyl (C=O) groups excluding carboxylic acids is 2. The molecular weight excluding hydrogens is 491 g/mol. The van der Waals surface area contributed by atoms with Gasteiger partial charge in [-0.1, -0.05) is 24.3 Å². The van der Waals surface area contributed by atoms with Gasteiger partial charge in [-0.3, -0.25) is 9.59 Å². The van der Waals surface area contributed by atoms with Crippen LogP contribution in [0.3, 0.4) is 0 Å². The van der Waals surface area contributed by atoms with Gasteiger partial charge in [-0.15, -0.1) is 10.2 Å². The van der Waals surface area contributed by atoms with Gasteiger partial charge in [0.25, 0.3) is 0 Å². The van der Waals surface area contributed by atoms with Crippen LogP contribution in [0, 0.1) is 12.7 Å². The normalized spacial score (nSPS) is 12.2. The van der Waals surface area contributed by atoms with E-state index in [4.69, 9.17) is 4.42 Å². The molecule has 11 heteroatoms. The topological polar surface area (TPSA) is 126 Å². The number of aromatic nitrogens is 4. The Kier molecular flexibility index (Phi) is 7.56. The molecule has 4 aromatic rings. The van der Waals surface area contributed by atoms with Crippen molar-refractivity contribution in [3.05, 3.63) is 83.4 Å².